The van der Waals surface area contributed by atoms with Crippen molar-refractivity contribution in [1.82, 2.24) is 24.2 Å². The fraction of sp³-hybridized carbons (Fsp3) is 0.529. The molecule has 1 aliphatic rings. The van der Waals surface area contributed by atoms with Gasteiger partial charge in [-0.15, -0.1) is 0 Å². The molecule has 0 aromatic carbocycles. The van der Waals surface area contributed by atoms with Gasteiger partial charge in [0, 0.05) is 39.2 Å². The minimum absolute atomic E-state index is 0.181. The summed E-state index contributed by atoms with van der Waals surface area (Å²) in [5, 5.41) is 4.37. The van der Waals surface area contributed by atoms with Gasteiger partial charge in [-0.3, -0.25) is 9.36 Å². The maximum absolute atomic E-state index is 12.9. The number of nitrogens with zero attached hydrogens (tertiary/aromatic N) is 5. The van der Waals surface area contributed by atoms with Gasteiger partial charge in [-0.1, -0.05) is 0 Å². The minimum Gasteiger partial charge on any atom is -0.481 e. The van der Waals surface area contributed by atoms with Crippen LogP contribution in [0.5, 0.6) is 11.8 Å². The lowest BCUT2D eigenvalue weighted by Crippen LogP contribution is -2.35. The SMILES string of the molecule is COCCn1nc2n(c1=O)CCN(C(=O)c1ccc(OC)nc1OC)CC2. The van der Waals surface area contributed by atoms with Gasteiger partial charge in [-0.2, -0.15) is 10.1 Å². The van der Waals surface area contributed by atoms with Crippen LogP contribution in [0.15, 0.2) is 16.9 Å². The first-order valence-corrected chi connectivity index (χ1v) is 8.62. The van der Waals surface area contributed by atoms with Crippen molar-refractivity contribution in [2.45, 2.75) is 19.5 Å². The number of carbonyl (C=O) groups excluding carboxylic acids is 1. The number of methoxy groups -OCH3 is 3. The van der Waals surface area contributed by atoms with Gasteiger partial charge in [-0.25, -0.2) is 9.48 Å². The van der Waals surface area contributed by atoms with Crippen LogP contribution in [-0.2, 0) is 24.2 Å². The van der Waals surface area contributed by atoms with E-state index < -0.39 is 0 Å². The lowest BCUT2D eigenvalue weighted by molar-refractivity contribution is 0.0754. The van der Waals surface area contributed by atoms with Gasteiger partial charge >= 0.3 is 5.69 Å². The zero-order valence-electron chi connectivity index (χ0n) is 15.7. The minimum atomic E-state index is -0.201. The fourth-order valence-corrected chi connectivity index (χ4v) is 3.02. The normalized spacial score (nSPS) is 13.8. The standard InChI is InChI=1S/C17H23N5O5/c1-25-11-10-22-17(24)21-9-8-20(7-6-13(21)19-22)16(23)12-4-5-14(26-2)18-15(12)27-3/h4-5H,6-11H2,1-3H3. The van der Waals surface area contributed by atoms with Gasteiger partial charge in [0.1, 0.15) is 11.4 Å². The second-order valence-corrected chi connectivity index (χ2v) is 6.02. The lowest BCUT2D eigenvalue weighted by Gasteiger charge is -2.21. The predicted molar refractivity (Wildman–Crippen MR) is 95.3 cm³/mol. The smallest absolute Gasteiger partial charge is 0.346 e. The fourth-order valence-electron chi connectivity index (χ4n) is 3.02. The first-order chi connectivity index (χ1) is 13.1. The molecule has 0 spiro atoms. The molecule has 0 aliphatic carbocycles. The summed E-state index contributed by atoms with van der Waals surface area (Å²) >= 11 is 0. The lowest BCUT2D eigenvalue weighted by atomic mass is 10.2. The van der Waals surface area contributed by atoms with Gasteiger partial charge in [0.25, 0.3) is 5.91 Å². The van der Waals surface area contributed by atoms with Crippen LogP contribution < -0.4 is 15.2 Å². The van der Waals surface area contributed by atoms with E-state index >= 15 is 0 Å². The third kappa shape index (κ3) is 3.80. The first kappa shape index (κ1) is 18.9. The van der Waals surface area contributed by atoms with Crippen molar-refractivity contribution in [3.8, 4) is 11.8 Å². The number of carbonyl (C=O) groups is 1. The number of fused-ring (bicyclic) bond motifs is 1. The number of amides is 1. The van der Waals surface area contributed by atoms with Crippen molar-refractivity contribution in [3.05, 3.63) is 34.0 Å². The molecule has 0 saturated carbocycles. The molecule has 0 fully saturated rings. The van der Waals surface area contributed by atoms with Crippen LogP contribution in [-0.4, -0.2) is 71.2 Å². The second kappa shape index (κ2) is 8.21. The Morgan fingerprint density at radius 2 is 1.96 bits per heavy atom. The van der Waals surface area contributed by atoms with Crippen molar-refractivity contribution in [2.24, 2.45) is 0 Å². The third-order valence-corrected chi connectivity index (χ3v) is 4.46. The zero-order valence-corrected chi connectivity index (χ0v) is 15.7. The Labute approximate surface area is 156 Å². The second-order valence-electron chi connectivity index (χ2n) is 6.02. The Kier molecular flexibility index (Phi) is 5.75. The van der Waals surface area contributed by atoms with Crippen LogP contribution in [0.2, 0.25) is 0 Å². The molecule has 2 aromatic rings. The maximum atomic E-state index is 12.9. The van der Waals surface area contributed by atoms with Crippen molar-refractivity contribution in [1.29, 1.82) is 0 Å². The summed E-state index contributed by atoms with van der Waals surface area (Å²) in [6, 6.07) is 3.25. The molecule has 3 rings (SSSR count). The summed E-state index contributed by atoms with van der Waals surface area (Å²) < 4.78 is 18.3. The third-order valence-electron chi connectivity index (χ3n) is 4.46. The van der Waals surface area contributed by atoms with Gasteiger partial charge in [0.05, 0.1) is 27.4 Å². The van der Waals surface area contributed by atoms with Crippen LogP contribution in [0.25, 0.3) is 0 Å². The summed E-state index contributed by atoms with van der Waals surface area (Å²) in [5.74, 6) is 1.05. The first-order valence-electron chi connectivity index (χ1n) is 8.62. The summed E-state index contributed by atoms with van der Waals surface area (Å²) in [4.78, 5) is 31.2. The van der Waals surface area contributed by atoms with Crippen LogP contribution in [0, 0.1) is 0 Å². The summed E-state index contributed by atoms with van der Waals surface area (Å²) in [6.07, 6.45) is 0.493. The van der Waals surface area contributed by atoms with Crippen molar-refractivity contribution in [3.63, 3.8) is 0 Å². The molecule has 0 atom stereocenters. The highest BCUT2D eigenvalue weighted by Crippen LogP contribution is 2.22. The number of hydrogen-bond acceptors (Lipinski definition) is 7. The molecule has 1 aliphatic heterocycles. The molecule has 3 heterocycles. The largest absolute Gasteiger partial charge is 0.481 e. The number of rotatable bonds is 6. The van der Waals surface area contributed by atoms with E-state index in [1.54, 1.807) is 28.7 Å². The van der Waals surface area contributed by atoms with E-state index in [4.69, 9.17) is 14.2 Å². The van der Waals surface area contributed by atoms with E-state index in [0.29, 0.717) is 56.5 Å². The van der Waals surface area contributed by atoms with Crippen molar-refractivity contribution in [2.75, 3.05) is 41.0 Å². The average molecular weight is 377 g/mol. The highest BCUT2D eigenvalue weighted by molar-refractivity contribution is 5.96. The molecule has 2 aromatic heterocycles. The molecule has 10 heteroatoms. The number of ether oxygens (including phenoxy) is 3. The zero-order chi connectivity index (χ0) is 19.4. The molecular weight excluding hydrogens is 354 g/mol. The van der Waals surface area contributed by atoms with E-state index in [9.17, 15) is 9.59 Å². The van der Waals surface area contributed by atoms with Crippen LogP contribution >= 0.6 is 0 Å². The topological polar surface area (TPSA) is 101 Å². The Morgan fingerprint density at radius 3 is 2.67 bits per heavy atom. The molecule has 27 heavy (non-hydrogen) atoms. The van der Waals surface area contributed by atoms with E-state index in [1.807, 2.05) is 0 Å². The number of pyridine rings is 1. The molecule has 146 valence electrons. The van der Waals surface area contributed by atoms with Crippen molar-refractivity contribution >= 4 is 5.91 Å². The number of aromatic nitrogens is 4. The van der Waals surface area contributed by atoms with Gasteiger partial charge in [-0.05, 0) is 6.07 Å². The highest BCUT2D eigenvalue weighted by atomic mass is 16.5. The molecule has 1 amide bonds. The van der Waals surface area contributed by atoms with E-state index in [1.165, 1.54) is 18.9 Å². The van der Waals surface area contributed by atoms with E-state index in [0.717, 1.165) is 0 Å². The molecule has 0 N–H and O–H groups in total. The molecule has 10 nitrogen and oxygen atoms in total. The number of hydrogen-bond donors (Lipinski definition) is 0. The Hall–Kier alpha value is -2.88. The Bertz CT molecular complexity index is 875. The molecular formula is C17H23N5O5. The van der Waals surface area contributed by atoms with Crippen LogP contribution in [0.4, 0.5) is 0 Å². The summed E-state index contributed by atoms with van der Waals surface area (Å²) in [7, 11) is 4.54. The van der Waals surface area contributed by atoms with E-state index in [2.05, 4.69) is 10.1 Å². The van der Waals surface area contributed by atoms with Crippen molar-refractivity contribution < 1.29 is 19.0 Å². The van der Waals surface area contributed by atoms with E-state index in [-0.39, 0.29) is 17.5 Å². The summed E-state index contributed by atoms with van der Waals surface area (Å²) in [6.45, 7) is 2.07. The molecule has 0 unspecified atom stereocenters. The predicted octanol–water partition coefficient (Wildman–Crippen LogP) is -0.198. The summed E-state index contributed by atoms with van der Waals surface area (Å²) in [5.41, 5.74) is 0.176. The Morgan fingerprint density at radius 1 is 1.15 bits per heavy atom. The van der Waals surface area contributed by atoms with Gasteiger partial charge in [0.15, 0.2) is 0 Å². The maximum Gasteiger partial charge on any atom is 0.346 e. The quantitative estimate of drug-likeness (QED) is 0.687. The van der Waals surface area contributed by atoms with Crippen LogP contribution in [0.3, 0.4) is 0 Å². The molecule has 0 bridgehead atoms. The Balaban J connectivity index is 1.77. The highest BCUT2D eigenvalue weighted by Gasteiger charge is 2.25. The molecule has 0 saturated heterocycles. The van der Waals surface area contributed by atoms with Gasteiger partial charge in [0.2, 0.25) is 11.8 Å². The van der Waals surface area contributed by atoms with Crippen LogP contribution in [0.1, 0.15) is 16.2 Å². The van der Waals surface area contributed by atoms with Gasteiger partial charge < -0.3 is 19.1 Å². The molecule has 0 radical (unpaired) electrons. The monoisotopic (exact) mass is 377 g/mol. The average Bonchev–Trinajstić information content (AvgIpc) is 2.86.